The largest absolute Gasteiger partial charge is 0.507 e. The highest BCUT2D eigenvalue weighted by molar-refractivity contribution is 7.92. The molecule has 0 fully saturated rings. The third-order valence-electron chi connectivity index (χ3n) is 3.71. The van der Waals surface area contributed by atoms with E-state index in [9.17, 15) is 13.5 Å². The molecule has 2 aromatic rings. The number of aromatic hydroxyl groups is 1. The summed E-state index contributed by atoms with van der Waals surface area (Å²) in [5, 5.41) is 10.7. The third kappa shape index (κ3) is 3.78. The molecule has 0 radical (unpaired) electrons. The molecule has 0 aliphatic carbocycles. The van der Waals surface area contributed by atoms with Crippen molar-refractivity contribution in [1.82, 2.24) is 9.36 Å². The van der Waals surface area contributed by atoms with Crippen molar-refractivity contribution in [1.29, 1.82) is 0 Å². The molecule has 0 spiro atoms. The second kappa shape index (κ2) is 5.81. The normalized spacial score (nSPS) is 13.3. The van der Waals surface area contributed by atoms with Crippen molar-refractivity contribution in [2.45, 2.75) is 56.7 Å². The van der Waals surface area contributed by atoms with Crippen LogP contribution in [0.5, 0.6) is 5.75 Å². The Balaban J connectivity index is 2.74. The quantitative estimate of drug-likeness (QED) is 0.869. The Bertz CT molecular complexity index is 835. The van der Waals surface area contributed by atoms with Crippen LogP contribution in [0.1, 0.15) is 52.7 Å². The second-order valence-corrected chi connectivity index (χ2v) is 11.0. The van der Waals surface area contributed by atoms with Gasteiger partial charge in [-0.3, -0.25) is 0 Å². The highest BCUT2D eigenvalue weighted by Gasteiger charge is 2.27. The smallest absolute Gasteiger partial charge is 0.228 e. The van der Waals surface area contributed by atoms with E-state index in [1.165, 1.54) is 0 Å². The number of hydrogen-bond acceptors (Lipinski definition) is 6. The van der Waals surface area contributed by atoms with Crippen LogP contribution in [0.4, 0.5) is 0 Å². The number of phenolic OH excluding ortho intramolecular Hbond substituents is 1. The Morgan fingerprint density at radius 2 is 1.46 bits per heavy atom. The molecule has 0 saturated heterocycles. The minimum Gasteiger partial charge on any atom is -0.507 e. The minimum atomic E-state index is -3.38. The monoisotopic (exact) mass is 368 g/mol. The second-order valence-electron chi connectivity index (χ2n) is 8.08. The molecule has 0 saturated carbocycles. The molecule has 0 amide bonds. The average Bonchev–Trinajstić information content (AvgIpc) is 2.85. The third-order valence-corrected chi connectivity index (χ3v) is 6.08. The van der Waals surface area contributed by atoms with Crippen molar-refractivity contribution in [3.63, 3.8) is 0 Å². The summed E-state index contributed by atoms with van der Waals surface area (Å²) < 4.78 is 27.5. The SMILES string of the molecule is CC(C)(C)c1cc(-c2nsc(S(C)(=O)=O)n2)cc(C(C)(C)C)c1O. The summed E-state index contributed by atoms with van der Waals surface area (Å²) in [4.78, 5) is 4.17. The molecule has 5 nitrogen and oxygen atoms in total. The van der Waals surface area contributed by atoms with Gasteiger partial charge in [-0.1, -0.05) is 41.5 Å². The molecule has 1 N–H and O–H groups in total. The van der Waals surface area contributed by atoms with Crippen molar-refractivity contribution >= 4 is 21.4 Å². The van der Waals surface area contributed by atoms with E-state index in [0.717, 1.165) is 28.9 Å². The first-order valence-electron chi connectivity index (χ1n) is 7.63. The van der Waals surface area contributed by atoms with Crippen molar-refractivity contribution in [2.75, 3.05) is 6.26 Å². The summed E-state index contributed by atoms with van der Waals surface area (Å²) in [6, 6.07) is 3.69. The van der Waals surface area contributed by atoms with Gasteiger partial charge in [-0.2, -0.15) is 4.37 Å². The van der Waals surface area contributed by atoms with Gasteiger partial charge in [-0.15, -0.1) is 0 Å². The Morgan fingerprint density at radius 3 is 1.79 bits per heavy atom. The molecule has 1 aromatic carbocycles. The molecule has 24 heavy (non-hydrogen) atoms. The topological polar surface area (TPSA) is 80.2 Å². The van der Waals surface area contributed by atoms with Gasteiger partial charge < -0.3 is 5.11 Å². The Labute approximate surface area is 147 Å². The summed E-state index contributed by atoms with van der Waals surface area (Å²) in [6.45, 7) is 12.1. The van der Waals surface area contributed by atoms with Crippen molar-refractivity contribution in [2.24, 2.45) is 0 Å². The molecular weight excluding hydrogens is 344 g/mol. The fourth-order valence-corrected chi connectivity index (χ4v) is 3.73. The van der Waals surface area contributed by atoms with Crippen LogP contribution < -0.4 is 0 Å². The first kappa shape index (κ1) is 18.9. The van der Waals surface area contributed by atoms with Crippen molar-refractivity contribution in [3.05, 3.63) is 23.3 Å². The summed E-state index contributed by atoms with van der Waals surface area (Å²) >= 11 is 0.871. The zero-order chi connectivity index (χ0) is 18.5. The molecule has 0 atom stereocenters. The lowest BCUT2D eigenvalue weighted by Gasteiger charge is -2.27. The average molecular weight is 369 g/mol. The van der Waals surface area contributed by atoms with Crippen LogP contribution >= 0.6 is 11.5 Å². The summed E-state index contributed by atoms with van der Waals surface area (Å²) in [5.74, 6) is 0.647. The summed E-state index contributed by atoms with van der Waals surface area (Å²) in [7, 11) is -3.38. The number of rotatable bonds is 2. The highest BCUT2D eigenvalue weighted by Crippen LogP contribution is 2.41. The van der Waals surface area contributed by atoms with Gasteiger partial charge in [-0.05, 0) is 34.5 Å². The molecule has 7 heteroatoms. The number of aromatic nitrogens is 2. The zero-order valence-corrected chi connectivity index (χ0v) is 16.8. The molecule has 1 aromatic heterocycles. The lowest BCUT2D eigenvalue weighted by molar-refractivity contribution is 0.423. The van der Waals surface area contributed by atoms with Crippen LogP contribution in [0.15, 0.2) is 16.5 Å². The molecule has 0 aliphatic rings. The minimum absolute atomic E-state index is 0.000178. The van der Waals surface area contributed by atoms with Crippen LogP contribution in [-0.2, 0) is 20.7 Å². The summed E-state index contributed by atoms with van der Waals surface area (Å²) in [5.41, 5.74) is 1.76. The maximum atomic E-state index is 11.7. The molecule has 1 heterocycles. The van der Waals surface area contributed by atoms with Gasteiger partial charge in [-0.25, -0.2) is 13.4 Å². The van der Waals surface area contributed by atoms with Gasteiger partial charge in [0.2, 0.25) is 14.2 Å². The lowest BCUT2D eigenvalue weighted by Crippen LogP contribution is -2.17. The molecular formula is C17H24N2O3S2. The van der Waals surface area contributed by atoms with Crippen molar-refractivity contribution < 1.29 is 13.5 Å². The number of phenols is 1. The fraction of sp³-hybridized carbons (Fsp3) is 0.529. The van der Waals surface area contributed by atoms with Gasteiger partial charge in [0.05, 0.1) is 0 Å². The number of sulfone groups is 1. The van der Waals surface area contributed by atoms with E-state index < -0.39 is 9.84 Å². The molecule has 2 rings (SSSR count). The van der Waals surface area contributed by atoms with Gasteiger partial charge >= 0.3 is 0 Å². The van der Waals surface area contributed by atoms with Gasteiger partial charge in [0.25, 0.3) is 0 Å². The highest BCUT2D eigenvalue weighted by atomic mass is 32.2. The predicted octanol–water partition coefficient (Wildman–Crippen LogP) is 3.91. The van der Waals surface area contributed by atoms with Crippen LogP contribution in [0.2, 0.25) is 0 Å². The van der Waals surface area contributed by atoms with Crippen LogP contribution in [0.25, 0.3) is 11.4 Å². The lowest BCUT2D eigenvalue weighted by atomic mass is 9.78. The van der Waals surface area contributed by atoms with Crippen molar-refractivity contribution in [3.8, 4) is 17.1 Å². The van der Waals surface area contributed by atoms with Crippen LogP contribution in [-0.4, -0.2) is 29.1 Å². The molecule has 0 bridgehead atoms. The number of benzene rings is 1. The molecule has 0 unspecified atom stereocenters. The molecule has 0 aliphatic heterocycles. The van der Waals surface area contributed by atoms with E-state index in [2.05, 4.69) is 9.36 Å². The Kier molecular flexibility index (Phi) is 4.56. The van der Waals surface area contributed by atoms with E-state index in [1.54, 1.807) is 0 Å². The van der Waals surface area contributed by atoms with E-state index in [-0.39, 0.29) is 20.9 Å². The predicted molar refractivity (Wildman–Crippen MR) is 97.5 cm³/mol. The van der Waals surface area contributed by atoms with Gasteiger partial charge in [0.15, 0.2) is 5.82 Å². The Hall–Kier alpha value is -1.47. The maximum absolute atomic E-state index is 11.7. The molecule has 132 valence electrons. The van der Waals surface area contributed by atoms with E-state index >= 15 is 0 Å². The zero-order valence-electron chi connectivity index (χ0n) is 15.1. The van der Waals surface area contributed by atoms with E-state index in [1.807, 2.05) is 53.7 Å². The first-order chi connectivity index (χ1) is 10.7. The van der Waals surface area contributed by atoms with Crippen LogP contribution in [0, 0.1) is 0 Å². The van der Waals surface area contributed by atoms with E-state index in [0.29, 0.717) is 11.4 Å². The number of nitrogens with zero attached hydrogens (tertiary/aromatic N) is 2. The standard InChI is InChI=1S/C17H24N2O3S2/c1-16(2,3)11-8-10(9-12(13(11)20)17(4,5)6)14-18-15(23-19-14)24(7,21)22/h8-9,20H,1-7H3. The number of hydrogen-bond donors (Lipinski definition) is 1. The Morgan fingerprint density at radius 1 is 1.00 bits per heavy atom. The first-order valence-corrected chi connectivity index (χ1v) is 10.3. The maximum Gasteiger partial charge on any atom is 0.228 e. The fourth-order valence-electron chi connectivity index (χ4n) is 2.38. The summed E-state index contributed by atoms with van der Waals surface area (Å²) in [6.07, 6.45) is 1.12. The van der Waals surface area contributed by atoms with Gasteiger partial charge in [0.1, 0.15) is 5.75 Å². The van der Waals surface area contributed by atoms with Crippen LogP contribution in [0.3, 0.4) is 0 Å². The van der Waals surface area contributed by atoms with Gasteiger partial charge in [0, 0.05) is 22.9 Å². The van der Waals surface area contributed by atoms with E-state index in [4.69, 9.17) is 0 Å².